The van der Waals surface area contributed by atoms with Crippen LogP contribution in [0.2, 0.25) is 0 Å². The second-order valence-electron chi connectivity index (χ2n) is 7.46. The monoisotopic (exact) mass is 488 g/mol. The highest BCUT2D eigenvalue weighted by atomic mass is 32.2. The number of amides is 1. The van der Waals surface area contributed by atoms with Crippen LogP contribution in [0.1, 0.15) is 16.7 Å². The van der Waals surface area contributed by atoms with Gasteiger partial charge < -0.3 is 9.47 Å². The highest BCUT2D eigenvalue weighted by Gasteiger charge is 2.46. The van der Waals surface area contributed by atoms with Gasteiger partial charge in [0.2, 0.25) is 10.2 Å². The fourth-order valence-electron chi connectivity index (χ4n) is 3.11. The van der Waals surface area contributed by atoms with Crippen molar-refractivity contribution < 1.29 is 27.4 Å². The molecule has 2 aromatic carbocycles. The summed E-state index contributed by atoms with van der Waals surface area (Å²) in [5, 5.41) is 10.8. The molecule has 0 bridgehead atoms. The molecule has 4 rings (SSSR count). The highest BCUT2D eigenvalue weighted by Crippen LogP contribution is 2.35. The standard InChI is InChI=1S/C23H19F3N4O3S/c1-13-3-4-14(2)18(11-13)33-10-9-32-16-7-5-15(6-8-16)12-17-19(27)30-22(28-20(17)31)34-21(29-30)23(24,25)26/h3-8,11-12,27H,9-10H2,1-2H3/b17-12-,27-19?. The first-order chi connectivity index (χ1) is 16.1. The second kappa shape index (κ2) is 9.34. The van der Waals surface area contributed by atoms with Gasteiger partial charge in [0.15, 0.2) is 5.84 Å². The number of amidine groups is 2. The summed E-state index contributed by atoms with van der Waals surface area (Å²) in [7, 11) is 0. The largest absolute Gasteiger partial charge is 0.490 e. The number of hydrazone groups is 1. The molecule has 0 saturated heterocycles. The van der Waals surface area contributed by atoms with Gasteiger partial charge in [0.1, 0.15) is 24.7 Å². The Bertz CT molecular complexity index is 1240. The van der Waals surface area contributed by atoms with Crippen molar-refractivity contribution >= 4 is 39.8 Å². The van der Waals surface area contributed by atoms with E-state index in [4.69, 9.17) is 14.9 Å². The SMILES string of the molecule is Cc1ccc(C)c(OCCOc2ccc(/C=C3/C(=N)N4N=C(C(F)(F)F)SC4=NC3=O)cc2)c1. The molecular formula is C23H19F3N4O3S. The van der Waals surface area contributed by atoms with Gasteiger partial charge in [0.25, 0.3) is 5.91 Å². The van der Waals surface area contributed by atoms with Gasteiger partial charge in [-0.2, -0.15) is 28.3 Å². The van der Waals surface area contributed by atoms with E-state index in [9.17, 15) is 18.0 Å². The summed E-state index contributed by atoms with van der Waals surface area (Å²) in [6.07, 6.45) is -3.30. The van der Waals surface area contributed by atoms with Crippen molar-refractivity contribution in [2.45, 2.75) is 20.0 Å². The first kappa shape index (κ1) is 23.6. The summed E-state index contributed by atoms with van der Waals surface area (Å²) in [4.78, 5) is 15.9. The lowest BCUT2D eigenvalue weighted by atomic mass is 10.1. The topological polar surface area (TPSA) is 87.3 Å². The number of fused-ring (bicyclic) bond motifs is 1. The van der Waals surface area contributed by atoms with Crippen LogP contribution >= 0.6 is 11.8 Å². The second-order valence-corrected chi connectivity index (χ2v) is 8.41. The molecule has 2 aromatic rings. The molecule has 34 heavy (non-hydrogen) atoms. The number of aliphatic imine (C=N–C) groups is 1. The molecule has 0 aromatic heterocycles. The van der Waals surface area contributed by atoms with Crippen LogP contribution in [0, 0.1) is 19.3 Å². The molecule has 7 nitrogen and oxygen atoms in total. The number of benzene rings is 2. The summed E-state index contributed by atoms with van der Waals surface area (Å²) in [5.41, 5.74) is 2.54. The van der Waals surface area contributed by atoms with Gasteiger partial charge in [-0.1, -0.05) is 24.3 Å². The van der Waals surface area contributed by atoms with E-state index in [1.54, 1.807) is 24.3 Å². The number of aryl methyl sites for hydroxylation is 2. The number of hydrogen-bond acceptors (Lipinski definition) is 6. The van der Waals surface area contributed by atoms with Crippen LogP contribution in [0.3, 0.4) is 0 Å². The van der Waals surface area contributed by atoms with Crippen molar-refractivity contribution in [1.29, 1.82) is 5.41 Å². The number of nitrogens with zero attached hydrogens (tertiary/aromatic N) is 3. The van der Waals surface area contributed by atoms with Gasteiger partial charge >= 0.3 is 6.18 Å². The van der Waals surface area contributed by atoms with Gasteiger partial charge in [-0.05, 0) is 66.6 Å². The maximum atomic E-state index is 12.9. The first-order valence-corrected chi connectivity index (χ1v) is 10.9. The zero-order valence-electron chi connectivity index (χ0n) is 18.1. The van der Waals surface area contributed by atoms with Crippen molar-refractivity contribution in [3.63, 3.8) is 0 Å². The summed E-state index contributed by atoms with van der Waals surface area (Å²) in [6.45, 7) is 4.64. The third kappa shape index (κ3) is 5.14. The molecule has 2 heterocycles. The van der Waals surface area contributed by atoms with E-state index in [-0.39, 0.29) is 22.5 Å². The average molecular weight is 488 g/mol. The van der Waals surface area contributed by atoms with E-state index >= 15 is 0 Å². The van der Waals surface area contributed by atoms with Crippen LogP contribution in [0.25, 0.3) is 6.08 Å². The zero-order chi connectivity index (χ0) is 24.5. The van der Waals surface area contributed by atoms with Gasteiger partial charge in [-0.25, -0.2) is 0 Å². The van der Waals surface area contributed by atoms with E-state index in [0.29, 0.717) is 29.5 Å². The van der Waals surface area contributed by atoms with Crippen LogP contribution in [-0.4, -0.2) is 46.4 Å². The number of halogens is 3. The predicted molar refractivity (Wildman–Crippen MR) is 124 cm³/mol. The third-order valence-corrected chi connectivity index (χ3v) is 5.79. The Morgan fingerprint density at radius 2 is 1.79 bits per heavy atom. The minimum atomic E-state index is -4.68. The Morgan fingerprint density at radius 3 is 2.50 bits per heavy atom. The van der Waals surface area contributed by atoms with Crippen molar-refractivity contribution in [2.75, 3.05) is 13.2 Å². The van der Waals surface area contributed by atoms with E-state index in [1.807, 2.05) is 32.0 Å². The number of carbonyl (C=O) groups excluding carboxylic acids is 1. The quantitative estimate of drug-likeness (QED) is 0.460. The molecule has 0 unspecified atom stereocenters. The lowest BCUT2D eigenvalue weighted by Gasteiger charge is -2.20. The maximum absolute atomic E-state index is 12.9. The maximum Gasteiger partial charge on any atom is 0.441 e. The number of carbonyl (C=O) groups is 1. The lowest BCUT2D eigenvalue weighted by molar-refractivity contribution is -0.114. The van der Waals surface area contributed by atoms with Crippen LogP contribution in [0.15, 0.2) is 58.1 Å². The predicted octanol–water partition coefficient (Wildman–Crippen LogP) is 4.94. The Labute approximate surface area is 197 Å². The summed E-state index contributed by atoms with van der Waals surface area (Å²) in [5.74, 6) is 0.114. The van der Waals surface area contributed by atoms with E-state index < -0.39 is 23.0 Å². The molecule has 0 atom stereocenters. The minimum absolute atomic E-state index is 0.160. The minimum Gasteiger partial charge on any atom is -0.490 e. The Kier molecular flexibility index (Phi) is 6.47. The average Bonchev–Trinajstić information content (AvgIpc) is 3.22. The lowest BCUT2D eigenvalue weighted by Crippen LogP contribution is -2.35. The summed E-state index contributed by atoms with van der Waals surface area (Å²) >= 11 is 0.214. The van der Waals surface area contributed by atoms with Crippen molar-refractivity contribution in [3.8, 4) is 11.5 Å². The van der Waals surface area contributed by atoms with Crippen molar-refractivity contribution in [3.05, 3.63) is 64.7 Å². The molecule has 11 heteroatoms. The Hall–Kier alpha value is -3.60. The Balaban J connectivity index is 1.38. The number of nitrogens with one attached hydrogen (secondary N) is 1. The molecule has 0 fully saturated rings. The van der Waals surface area contributed by atoms with Crippen molar-refractivity contribution in [1.82, 2.24) is 5.01 Å². The smallest absolute Gasteiger partial charge is 0.441 e. The van der Waals surface area contributed by atoms with Crippen LogP contribution < -0.4 is 9.47 Å². The number of alkyl halides is 3. The van der Waals surface area contributed by atoms with Crippen LogP contribution in [-0.2, 0) is 4.79 Å². The van der Waals surface area contributed by atoms with Crippen LogP contribution in [0.4, 0.5) is 13.2 Å². The molecule has 1 amide bonds. The number of thioether (sulfide) groups is 1. The molecule has 1 N–H and O–H groups in total. The molecule has 0 radical (unpaired) electrons. The molecule has 176 valence electrons. The summed E-state index contributed by atoms with van der Waals surface area (Å²) < 4.78 is 50.2. The van der Waals surface area contributed by atoms with E-state index in [2.05, 4.69) is 10.1 Å². The normalized spacial score (nSPS) is 17.0. The van der Waals surface area contributed by atoms with Gasteiger partial charge in [-0.3, -0.25) is 10.2 Å². The Morgan fingerprint density at radius 1 is 1.09 bits per heavy atom. The number of ether oxygens (including phenoxy) is 2. The van der Waals surface area contributed by atoms with Gasteiger partial charge in [0, 0.05) is 0 Å². The molecule has 0 aliphatic carbocycles. The molecule has 0 spiro atoms. The third-order valence-electron chi connectivity index (χ3n) is 4.84. The fourth-order valence-corrected chi connectivity index (χ4v) is 3.87. The number of hydrogen-bond donors (Lipinski definition) is 1. The zero-order valence-corrected chi connectivity index (χ0v) is 19.0. The summed E-state index contributed by atoms with van der Waals surface area (Å²) in [6, 6.07) is 12.7. The van der Waals surface area contributed by atoms with E-state index in [0.717, 1.165) is 16.9 Å². The van der Waals surface area contributed by atoms with E-state index in [1.165, 1.54) is 6.08 Å². The molecule has 0 saturated carbocycles. The number of rotatable bonds is 6. The molecule has 2 aliphatic heterocycles. The molecule has 2 aliphatic rings. The first-order valence-electron chi connectivity index (χ1n) is 10.1. The van der Waals surface area contributed by atoms with Gasteiger partial charge in [-0.15, -0.1) is 0 Å². The van der Waals surface area contributed by atoms with Crippen LogP contribution in [0.5, 0.6) is 11.5 Å². The fraction of sp³-hybridized carbons (Fsp3) is 0.217. The van der Waals surface area contributed by atoms with Gasteiger partial charge in [0.05, 0.1) is 5.57 Å². The van der Waals surface area contributed by atoms with Crippen molar-refractivity contribution in [2.24, 2.45) is 10.1 Å². The highest BCUT2D eigenvalue weighted by molar-refractivity contribution is 8.27. The molecular weight excluding hydrogens is 469 g/mol.